The highest BCUT2D eigenvalue weighted by Crippen LogP contribution is 2.25. The second-order valence-corrected chi connectivity index (χ2v) is 5.21. The van der Waals surface area contributed by atoms with Crippen molar-refractivity contribution in [2.24, 2.45) is 0 Å². The van der Waals surface area contributed by atoms with E-state index in [1.54, 1.807) is 24.4 Å². The van der Waals surface area contributed by atoms with Crippen LogP contribution in [0.5, 0.6) is 0 Å². The lowest BCUT2D eigenvalue weighted by Crippen LogP contribution is -2.14. The lowest BCUT2D eigenvalue weighted by atomic mass is 10.2. The molecule has 0 unspecified atom stereocenters. The van der Waals surface area contributed by atoms with Crippen LogP contribution in [0, 0.1) is 6.92 Å². The van der Waals surface area contributed by atoms with E-state index in [0.29, 0.717) is 11.4 Å². The fourth-order valence-electron chi connectivity index (χ4n) is 2.18. The quantitative estimate of drug-likeness (QED) is 0.751. The summed E-state index contributed by atoms with van der Waals surface area (Å²) in [6.45, 7) is 2.05. The van der Waals surface area contributed by atoms with E-state index in [1.807, 2.05) is 55.5 Å². The molecular weight excluding hydrogens is 286 g/mol. The molecule has 0 aliphatic heterocycles. The highest BCUT2D eigenvalue weighted by molar-refractivity contribution is 6.04. The van der Waals surface area contributed by atoms with Crippen molar-refractivity contribution in [3.8, 4) is 0 Å². The molecule has 1 aromatic heterocycles. The van der Waals surface area contributed by atoms with E-state index in [1.165, 1.54) is 5.56 Å². The number of benzene rings is 2. The van der Waals surface area contributed by atoms with Crippen LogP contribution in [0.2, 0.25) is 0 Å². The summed E-state index contributed by atoms with van der Waals surface area (Å²) in [5.41, 5.74) is 4.10. The molecule has 3 rings (SSSR count). The lowest BCUT2D eigenvalue weighted by Gasteiger charge is -2.13. The third-order valence-electron chi connectivity index (χ3n) is 3.40. The Bertz CT molecular complexity index is 798. The van der Waals surface area contributed by atoms with Crippen LogP contribution in [0.4, 0.5) is 17.1 Å². The molecule has 23 heavy (non-hydrogen) atoms. The Morgan fingerprint density at radius 2 is 1.57 bits per heavy atom. The van der Waals surface area contributed by atoms with Gasteiger partial charge in [0, 0.05) is 11.9 Å². The van der Waals surface area contributed by atoms with Crippen molar-refractivity contribution in [2.45, 2.75) is 6.92 Å². The summed E-state index contributed by atoms with van der Waals surface area (Å²) in [5.74, 6) is -0.233. The Balaban J connectivity index is 1.80. The molecule has 3 aromatic rings. The molecule has 2 aromatic carbocycles. The zero-order valence-electron chi connectivity index (χ0n) is 12.8. The molecule has 1 heterocycles. The van der Waals surface area contributed by atoms with E-state index in [2.05, 4.69) is 15.6 Å². The molecule has 0 saturated carbocycles. The van der Waals surface area contributed by atoms with Gasteiger partial charge in [0.05, 0.1) is 11.4 Å². The number of carbonyl (C=O) groups is 1. The third-order valence-corrected chi connectivity index (χ3v) is 3.40. The van der Waals surface area contributed by atoms with Gasteiger partial charge in [-0.3, -0.25) is 9.78 Å². The number of hydrogen-bond donors (Lipinski definition) is 2. The van der Waals surface area contributed by atoms with Crippen LogP contribution >= 0.6 is 0 Å². The molecule has 2 N–H and O–H groups in total. The van der Waals surface area contributed by atoms with Crippen LogP contribution in [0.3, 0.4) is 0 Å². The fourth-order valence-corrected chi connectivity index (χ4v) is 2.18. The Morgan fingerprint density at radius 3 is 2.26 bits per heavy atom. The summed E-state index contributed by atoms with van der Waals surface area (Å²) >= 11 is 0. The van der Waals surface area contributed by atoms with Crippen molar-refractivity contribution in [1.29, 1.82) is 0 Å². The molecule has 0 aliphatic carbocycles. The first-order chi connectivity index (χ1) is 11.2. The van der Waals surface area contributed by atoms with E-state index >= 15 is 0 Å². The summed E-state index contributed by atoms with van der Waals surface area (Å²) in [5, 5.41) is 6.22. The Morgan fingerprint density at radius 1 is 0.870 bits per heavy atom. The molecule has 4 heteroatoms. The highest BCUT2D eigenvalue weighted by atomic mass is 16.1. The number of aromatic nitrogens is 1. The number of pyridine rings is 1. The maximum atomic E-state index is 12.3. The Labute approximate surface area is 135 Å². The zero-order valence-corrected chi connectivity index (χ0v) is 12.8. The Hall–Kier alpha value is -3.14. The second-order valence-electron chi connectivity index (χ2n) is 5.21. The van der Waals surface area contributed by atoms with Gasteiger partial charge in [0.25, 0.3) is 5.91 Å². The molecule has 0 radical (unpaired) electrons. The summed E-state index contributed by atoms with van der Waals surface area (Å²) in [6, 6.07) is 20.9. The van der Waals surface area contributed by atoms with Crippen molar-refractivity contribution in [3.05, 3.63) is 84.2 Å². The first-order valence-electron chi connectivity index (χ1n) is 7.37. The standard InChI is InChI=1S/C19H17N3O/c1-14-9-11-15(12-10-14)21-16-6-2-3-7-17(16)22-19(23)18-8-4-5-13-20-18/h2-13,21H,1H3,(H,22,23). The minimum atomic E-state index is -0.233. The molecule has 0 saturated heterocycles. The van der Waals surface area contributed by atoms with Gasteiger partial charge in [-0.05, 0) is 43.3 Å². The number of nitrogens with zero attached hydrogens (tertiary/aromatic N) is 1. The van der Waals surface area contributed by atoms with E-state index in [-0.39, 0.29) is 5.91 Å². The number of anilines is 3. The summed E-state index contributed by atoms with van der Waals surface area (Å²) in [7, 11) is 0. The SMILES string of the molecule is Cc1ccc(Nc2ccccc2NC(=O)c2ccccn2)cc1. The monoisotopic (exact) mass is 303 g/mol. The molecule has 0 aliphatic rings. The third kappa shape index (κ3) is 3.74. The molecule has 0 atom stereocenters. The van der Waals surface area contributed by atoms with Gasteiger partial charge in [-0.25, -0.2) is 0 Å². The first kappa shape index (κ1) is 14.8. The van der Waals surface area contributed by atoms with Gasteiger partial charge < -0.3 is 10.6 Å². The van der Waals surface area contributed by atoms with Crippen molar-refractivity contribution in [2.75, 3.05) is 10.6 Å². The number of amides is 1. The maximum Gasteiger partial charge on any atom is 0.274 e. The predicted molar refractivity (Wildman–Crippen MR) is 93.1 cm³/mol. The minimum Gasteiger partial charge on any atom is -0.354 e. The number of carbonyl (C=O) groups excluding carboxylic acids is 1. The number of para-hydroxylation sites is 2. The molecule has 0 bridgehead atoms. The Kier molecular flexibility index (Phi) is 4.34. The topological polar surface area (TPSA) is 54.0 Å². The zero-order chi connectivity index (χ0) is 16.1. The molecule has 114 valence electrons. The largest absolute Gasteiger partial charge is 0.354 e. The van der Waals surface area contributed by atoms with E-state index < -0.39 is 0 Å². The lowest BCUT2D eigenvalue weighted by molar-refractivity contribution is 0.102. The van der Waals surface area contributed by atoms with Gasteiger partial charge >= 0.3 is 0 Å². The van der Waals surface area contributed by atoms with Crippen molar-refractivity contribution < 1.29 is 4.79 Å². The van der Waals surface area contributed by atoms with E-state index in [0.717, 1.165) is 11.4 Å². The highest BCUT2D eigenvalue weighted by Gasteiger charge is 2.09. The first-order valence-corrected chi connectivity index (χ1v) is 7.37. The molecular formula is C19H17N3O. The van der Waals surface area contributed by atoms with Gasteiger partial charge in [0.15, 0.2) is 0 Å². The van der Waals surface area contributed by atoms with Crippen LogP contribution in [0.15, 0.2) is 72.9 Å². The molecule has 0 fully saturated rings. The number of aryl methyl sites for hydroxylation is 1. The smallest absolute Gasteiger partial charge is 0.274 e. The predicted octanol–water partition coefficient (Wildman–Crippen LogP) is 4.39. The van der Waals surface area contributed by atoms with E-state index in [4.69, 9.17) is 0 Å². The van der Waals surface area contributed by atoms with Crippen LogP contribution in [-0.2, 0) is 0 Å². The normalized spacial score (nSPS) is 10.1. The minimum absolute atomic E-state index is 0.233. The summed E-state index contributed by atoms with van der Waals surface area (Å²) in [6.07, 6.45) is 1.60. The molecule has 0 spiro atoms. The average molecular weight is 303 g/mol. The van der Waals surface area contributed by atoms with Crippen LogP contribution in [-0.4, -0.2) is 10.9 Å². The van der Waals surface area contributed by atoms with Gasteiger partial charge in [0.1, 0.15) is 5.69 Å². The molecule has 1 amide bonds. The van der Waals surface area contributed by atoms with Crippen LogP contribution in [0.1, 0.15) is 16.1 Å². The van der Waals surface area contributed by atoms with Crippen molar-refractivity contribution in [1.82, 2.24) is 4.98 Å². The maximum absolute atomic E-state index is 12.3. The van der Waals surface area contributed by atoms with Gasteiger partial charge in [-0.15, -0.1) is 0 Å². The van der Waals surface area contributed by atoms with Gasteiger partial charge in [-0.1, -0.05) is 35.9 Å². The fraction of sp³-hybridized carbons (Fsp3) is 0.0526. The van der Waals surface area contributed by atoms with E-state index in [9.17, 15) is 4.79 Å². The number of rotatable bonds is 4. The average Bonchev–Trinajstić information content (AvgIpc) is 2.59. The van der Waals surface area contributed by atoms with Gasteiger partial charge in [-0.2, -0.15) is 0 Å². The van der Waals surface area contributed by atoms with Crippen molar-refractivity contribution >= 4 is 23.0 Å². The summed E-state index contributed by atoms with van der Waals surface area (Å²) in [4.78, 5) is 16.3. The molecule has 4 nitrogen and oxygen atoms in total. The second kappa shape index (κ2) is 6.75. The van der Waals surface area contributed by atoms with Crippen molar-refractivity contribution in [3.63, 3.8) is 0 Å². The number of nitrogens with one attached hydrogen (secondary N) is 2. The van der Waals surface area contributed by atoms with Crippen LogP contribution in [0.25, 0.3) is 0 Å². The van der Waals surface area contributed by atoms with Gasteiger partial charge in [0.2, 0.25) is 0 Å². The summed E-state index contributed by atoms with van der Waals surface area (Å²) < 4.78 is 0. The number of hydrogen-bond acceptors (Lipinski definition) is 3. The van der Waals surface area contributed by atoms with Crippen LogP contribution < -0.4 is 10.6 Å².